The Morgan fingerprint density at radius 3 is 2.67 bits per heavy atom. The number of thioether (sulfide) groups is 2. The first kappa shape index (κ1) is 12.7. The van der Waals surface area contributed by atoms with Gasteiger partial charge in [0, 0.05) is 11.8 Å². The van der Waals surface area contributed by atoms with E-state index in [4.69, 9.17) is 5.73 Å². The zero-order chi connectivity index (χ0) is 11.3. The normalized spacial score (nSPS) is 11.2. The molecule has 0 aliphatic heterocycles. The first-order chi connectivity index (χ1) is 7.16. The molecule has 0 unspecified atom stereocenters. The van der Waals surface area contributed by atoms with Crippen LogP contribution in [0.2, 0.25) is 0 Å². The highest BCUT2D eigenvalue weighted by Gasteiger charge is 2.11. The molecule has 0 amide bonds. The van der Waals surface area contributed by atoms with Gasteiger partial charge in [0.15, 0.2) is 5.16 Å². The molecule has 0 aromatic carbocycles. The molecule has 0 spiro atoms. The van der Waals surface area contributed by atoms with Crippen LogP contribution in [0.4, 0.5) is 5.95 Å². The fourth-order valence-electron chi connectivity index (χ4n) is 1.24. The highest BCUT2D eigenvalue weighted by Crippen LogP contribution is 2.23. The monoisotopic (exact) mass is 246 g/mol. The Labute approximate surface area is 99.4 Å². The molecule has 0 aliphatic rings. The predicted octanol–water partition coefficient (Wildman–Crippen LogP) is 2.29. The number of nitrogen functional groups attached to an aromatic ring is 1. The lowest BCUT2D eigenvalue weighted by Gasteiger charge is -2.10. The van der Waals surface area contributed by atoms with Crippen LogP contribution >= 0.6 is 23.5 Å². The van der Waals surface area contributed by atoms with E-state index in [-0.39, 0.29) is 0 Å². The summed E-state index contributed by atoms with van der Waals surface area (Å²) in [5, 5.41) is 8.91. The molecule has 0 saturated heterocycles. The molecular formula is C9H18N4S2. The average molecular weight is 246 g/mol. The first-order valence-electron chi connectivity index (χ1n) is 4.99. The highest BCUT2D eigenvalue weighted by atomic mass is 32.2. The molecule has 2 N–H and O–H groups in total. The van der Waals surface area contributed by atoms with Crippen molar-refractivity contribution >= 4 is 29.5 Å². The fraction of sp³-hybridized carbons (Fsp3) is 0.778. The summed E-state index contributed by atoms with van der Waals surface area (Å²) >= 11 is 3.60. The van der Waals surface area contributed by atoms with E-state index < -0.39 is 0 Å². The highest BCUT2D eigenvalue weighted by molar-refractivity contribution is 7.99. The van der Waals surface area contributed by atoms with E-state index in [2.05, 4.69) is 30.3 Å². The fourth-order valence-corrected chi connectivity index (χ4v) is 2.87. The Bertz CT molecular complexity index is 298. The molecule has 0 atom stereocenters. The smallest absolute Gasteiger partial charge is 0.222 e. The summed E-state index contributed by atoms with van der Waals surface area (Å²) in [5.74, 6) is 2.78. The van der Waals surface area contributed by atoms with Gasteiger partial charge >= 0.3 is 0 Å². The van der Waals surface area contributed by atoms with Crippen LogP contribution in [-0.4, -0.2) is 32.5 Å². The third-order valence-electron chi connectivity index (χ3n) is 1.93. The lowest BCUT2D eigenvalue weighted by molar-refractivity contribution is 0.557. The van der Waals surface area contributed by atoms with E-state index in [1.54, 1.807) is 11.8 Å². The lowest BCUT2D eigenvalue weighted by atomic mass is 10.4. The van der Waals surface area contributed by atoms with Crippen molar-refractivity contribution in [2.24, 2.45) is 0 Å². The standard InChI is InChI=1S/C9H18N4S2/c1-7(2)13-8(10)11-12-9(13)15-6-4-5-14-3/h7H,4-6H2,1-3H3,(H2,10,11). The van der Waals surface area contributed by atoms with Gasteiger partial charge in [-0.25, -0.2) is 0 Å². The summed E-state index contributed by atoms with van der Waals surface area (Å²) in [7, 11) is 0. The topological polar surface area (TPSA) is 56.7 Å². The van der Waals surface area contributed by atoms with Crippen molar-refractivity contribution in [2.75, 3.05) is 23.5 Å². The molecule has 0 fully saturated rings. The minimum Gasteiger partial charge on any atom is -0.368 e. The molecule has 1 aromatic rings. The van der Waals surface area contributed by atoms with Crippen LogP contribution in [0.5, 0.6) is 0 Å². The van der Waals surface area contributed by atoms with E-state index in [1.807, 2.05) is 16.3 Å². The minimum atomic E-state index is 0.322. The Morgan fingerprint density at radius 1 is 1.33 bits per heavy atom. The Balaban J connectivity index is 2.53. The number of anilines is 1. The maximum absolute atomic E-state index is 5.74. The van der Waals surface area contributed by atoms with E-state index in [0.29, 0.717) is 12.0 Å². The Hall–Kier alpha value is -0.360. The van der Waals surface area contributed by atoms with Gasteiger partial charge in [-0.3, -0.25) is 4.57 Å². The molecule has 1 rings (SSSR count). The third-order valence-corrected chi connectivity index (χ3v) is 3.66. The van der Waals surface area contributed by atoms with Crippen molar-refractivity contribution in [3.05, 3.63) is 0 Å². The van der Waals surface area contributed by atoms with Crippen LogP contribution in [0.3, 0.4) is 0 Å². The van der Waals surface area contributed by atoms with Gasteiger partial charge in [-0.2, -0.15) is 11.8 Å². The Morgan fingerprint density at radius 2 is 2.07 bits per heavy atom. The van der Waals surface area contributed by atoms with Crippen LogP contribution in [0, 0.1) is 0 Å². The van der Waals surface area contributed by atoms with Crippen LogP contribution in [0.1, 0.15) is 26.3 Å². The molecular weight excluding hydrogens is 228 g/mol. The van der Waals surface area contributed by atoms with Crippen LogP contribution in [0.15, 0.2) is 5.16 Å². The molecule has 1 heterocycles. The second-order valence-corrected chi connectivity index (χ2v) is 5.55. The summed E-state index contributed by atoms with van der Waals surface area (Å²) in [4.78, 5) is 0. The van der Waals surface area contributed by atoms with Crippen molar-refractivity contribution in [3.8, 4) is 0 Å². The van der Waals surface area contributed by atoms with Gasteiger partial charge in [0.2, 0.25) is 5.95 Å². The molecule has 0 saturated carbocycles. The average Bonchev–Trinajstić information content (AvgIpc) is 2.54. The van der Waals surface area contributed by atoms with Crippen molar-refractivity contribution < 1.29 is 0 Å². The van der Waals surface area contributed by atoms with Crippen molar-refractivity contribution in [2.45, 2.75) is 31.5 Å². The molecule has 0 radical (unpaired) electrons. The lowest BCUT2D eigenvalue weighted by Crippen LogP contribution is -2.07. The third kappa shape index (κ3) is 3.61. The summed E-state index contributed by atoms with van der Waals surface area (Å²) < 4.78 is 1.98. The van der Waals surface area contributed by atoms with Gasteiger partial charge < -0.3 is 5.73 Å². The summed E-state index contributed by atoms with van der Waals surface area (Å²) in [6.45, 7) is 4.18. The van der Waals surface area contributed by atoms with Gasteiger partial charge in [-0.15, -0.1) is 10.2 Å². The quantitative estimate of drug-likeness (QED) is 0.616. The van der Waals surface area contributed by atoms with E-state index in [1.165, 1.54) is 12.2 Å². The number of nitrogens with two attached hydrogens (primary N) is 1. The largest absolute Gasteiger partial charge is 0.368 e. The first-order valence-corrected chi connectivity index (χ1v) is 7.37. The molecule has 15 heavy (non-hydrogen) atoms. The number of aromatic nitrogens is 3. The zero-order valence-corrected chi connectivity index (χ0v) is 11.1. The van der Waals surface area contributed by atoms with Crippen LogP contribution in [0.25, 0.3) is 0 Å². The second kappa shape index (κ2) is 6.27. The number of rotatable bonds is 6. The molecule has 0 bridgehead atoms. The van der Waals surface area contributed by atoms with Crippen molar-refractivity contribution in [1.82, 2.24) is 14.8 Å². The second-order valence-electron chi connectivity index (χ2n) is 3.50. The summed E-state index contributed by atoms with van der Waals surface area (Å²) in [6.07, 6.45) is 3.32. The van der Waals surface area contributed by atoms with Crippen molar-refractivity contribution in [3.63, 3.8) is 0 Å². The molecule has 1 aromatic heterocycles. The van der Waals surface area contributed by atoms with Gasteiger partial charge in [0.1, 0.15) is 0 Å². The zero-order valence-electron chi connectivity index (χ0n) is 9.43. The maximum atomic E-state index is 5.74. The van der Waals surface area contributed by atoms with Gasteiger partial charge in [0.25, 0.3) is 0 Å². The molecule has 0 aliphatic carbocycles. The molecule has 6 heteroatoms. The van der Waals surface area contributed by atoms with Crippen LogP contribution < -0.4 is 5.73 Å². The molecule has 86 valence electrons. The Kier molecular flexibility index (Phi) is 5.31. The molecule has 4 nitrogen and oxygen atoms in total. The number of nitrogens with zero attached hydrogens (tertiary/aromatic N) is 3. The van der Waals surface area contributed by atoms with Gasteiger partial charge in [-0.05, 0) is 32.3 Å². The SMILES string of the molecule is CSCCCSc1nnc(N)n1C(C)C. The minimum absolute atomic E-state index is 0.322. The van der Waals surface area contributed by atoms with Crippen LogP contribution in [-0.2, 0) is 0 Å². The predicted molar refractivity (Wildman–Crippen MR) is 68.5 cm³/mol. The van der Waals surface area contributed by atoms with E-state index in [0.717, 1.165) is 10.9 Å². The van der Waals surface area contributed by atoms with Crippen molar-refractivity contribution in [1.29, 1.82) is 0 Å². The summed E-state index contributed by atoms with van der Waals surface area (Å²) in [5.41, 5.74) is 5.74. The number of hydrogen-bond acceptors (Lipinski definition) is 5. The maximum Gasteiger partial charge on any atom is 0.222 e. The van der Waals surface area contributed by atoms with Gasteiger partial charge in [-0.1, -0.05) is 11.8 Å². The van der Waals surface area contributed by atoms with E-state index in [9.17, 15) is 0 Å². The van der Waals surface area contributed by atoms with E-state index >= 15 is 0 Å². The van der Waals surface area contributed by atoms with Gasteiger partial charge in [0.05, 0.1) is 0 Å². The summed E-state index contributed by atoms with van der Waals surface area (Å²) in [6, 6.07) is 0.322. The number of hydrogen-bond donors (Lipinski definition) is 1.